The van der Waals surface area contributed by atoms with E-state index in [2.05, 4.69) is 33.5 Å². The molecule has 0 radical (unpaired) electrons. The highest BCUT2D eigenvalue weighted by Gasteiger charge is 2.21. The van der Waals surface area contributed by atoms with Crippen molar-refractivity contribution in [1.29, 1.82) is 0 Å². The number of anilines is 1. The van der Waals surface area contributed by atoms with Gasteiger partial charge in [-0.3, -0.25) is 18.8 Å². The molecule has 0 fully saturated rings. The Balaban J connectivity index is 1.36. The van der Waals surface area contributed by atoms with Gasteiger partial charge in [0.15, 0.2) is 35.3 Å². The highest BCUT2D eigenvalue weighted by Crippen LogP contribution is 2.34. The van der Waals surface area contributed by atoms with Crippen molar-refractivity contribution >= 4 is 22.8 Å². The van der Waals surface area contributed by atoms with Crippen LogP contribution in [0.5, 0.6) is 23.1 Å². The molecule has 1 amide bonds. The molecule has 12 nitrogen and oxygen atoms in total. The fourth-order valence-electron chi connectivity index (χ4n) is 4.03. The Morgan fingerprint density at radius 1 is 1.27 bits per heavy atom. The number of benzene rings is 1. The molecule has 1 aliphatic heterocycles. The average Bonchev–Trinajstić information content (AvgIpc) is 3.61. The number of hydrogen-bond acceptors (Lipinski definition) is 8. The number of nitrogens with zero attached hydrogens (tertiary/aromatic N) is 4. The molecule has 1 aliphatic rings. The quantitative estimate of drug-likeness (QED) is 0.295. The number of pyridine rings is 1. The molecule has 0 saturated carbocycles. The van der Waals surface area contributed by atoms with Crippen molar-refractivity contribution in [2.45, 2.75) is 13.0 Å². The Morgan fingerprint density at radius 3 is 2.86 bits per heavy atom. The van der Waals surface area contributed by atoms with Gasteiger partial charge in [0.1, 0.15) is 11.2 Å². The van der Waals surface area contributed by atoms with Crippen LogP contribution < -0.4 is 25.1 Å². The van der Waals surface area contributed by atoms with Crippen molar-refractivity contribution in [3.63, 3.8) is 0 Å². The van der Waals surface area contributed by atoms with Crippen LogP contribution in [-0.2, 0) is 24.8 Å². The Morgan fingerprint density at radius 2 is 2.08 bits per heavy atom. The lowest BCUT2D eigenvalue weighted by molar-refractivity contribution is -0.118. The summed E-state index contributed by atoms with van der Waals surface area (Å²) in [5, 5.41) is 17.8. The summed E-state index contributed by atoms with van der Waals surface area (Å²) in [7, 11) is 1.68. The maximum atomic E-state index is 12.9. The SMILES string of the molecule is C=CCc1c(O)c2[nH]c(-c3cc(OCC(=O)Nc4ccc5c(c4)OCO5)nn3C)nc2n(CC=C)c1=O. The van der Waals surface area contributed by atoms with Crippen LogP contribution in [-0.4, -0.2) is 48.7 Å². The summed E-state index contributed by atoms with van der Waals surface area (Å²) in [6.07, 6.45) is 3.32. The Hall–Kier alpha value is -5.00. The first kappa shape index (κ1) is 23.7. The van der Waals surface area contributed by atoms with Gasteiger partial charge in [0.05, 0.1) is 5.56 Å². The van der Waals surface area contributed by atoms with E-state index in [4.69, 9.17) is 14.2 Å². The van der Waals surface area contributed by atoms with E-state index < -0.39 is 0 Å². The number of aromatic hydroxyl groups is 1. The first-order valence-electron chi connectivity index (χ1n) is 11.3. The Bertz CT molecular complexity index is 1600. The van der Waals surface area contributed by atoms with Gasteiger partial charge in [-0.15, -0.1) is 18.3 Å². The zero-order chi connectivity index (χ0) is 26.1. The average molecular weight is 505 g/mol. The van der Waals surface area contributed by atoms with Gasteiger partial charge >= 0.3 is 0 Å². The summed E-state index contributed by atoms with van der Waals surface area (Å²) in [5.41, 5.74) is 1.48. The van der Waals surface area contributed by atoms with Crippen molar-refractivity contribution in [3.8, 4) is 34.6 Å². The minimum absolute atomic E-state index is 0.144. The van der Waals surface area contributed by atoms with Crippen LogP contribution in [0.2, 0.25) is 0 Å². The third kappa shape index (κ3) is 4.40. The second-order valence-electron chi connectivity index (χ2n) is 8.20. The van der Waals surface area contributed by atoms with Crippen LogP contribution >= 0.6 is 0 Å². The predicted octanol–water partition coefficient (Wildman–Crippen LogP) is 2.49. The lowest BCUT2D eigenvalue weighted by atomic mass is 10.1. The van der Waals surface area contributed by atoms with Gasteiger partial charge in [-0.05, 0) is 18.6 Å². The molecule has 0 spiro atoms. The van der Waals surface area contributed by atoms with E-state index in [1.54, 1.807) is 43.5 Å². The third-order valence-electron chi connectivity index (χ3n) is 5.73. The van der Waals surface area contributed by atoms with Gasteiger partial charge in [0.2, 0.25) is 12.7 Å². The molecular formula is C25H24N6O6. The standard InChI is InChI=1S/C25H24N6O6/c1-4-6-15-22(33)21-24(31(9-5-2)25(15)34)28-23(27-21)16-11-20(29-30(16)3)35-12-19(32)26-14-7-8-17-18(10-14)37-13-36-17/h4-5,7-8,10-11,33H,1-2,6,9,12-13H2,3H3,(H,26,32)(H,27,28). The molecule has 0 unspecified atom stereocenters. The van der Waals surface area contributed by atoms with Crippen LogP contribution in [0.25, 0.3) is 22.7 Å². The highest BCUT2D eigenvalue weighted by molar-refractivity contribution is 5.92. The van der Waals surface area contributed by atoms with E-state index in [9.17, 15) is 14.7 Å². The summed E-state index contributed by atoms with van der Waals surface area (Å²) in [6.45, 7) is 7.44. The molecular weight excluding hydrogens is 480 g/mol. The van der Waals surface area contributed by atoms with E-state index in [1.807, 2.05) is 0 Å². The molecule has 0 atom stereocenters. The van der Waals surface area contributed by atoms with Crippen LogP contribution in [0.3, 0.4) is 0 Å². The van der Waals surface area contributed by atoms with Crippen LogP contribution in [0.4, 0.5) is 5.69 Å². The van der Waals surface area contributed by atoms with Gasteiger partial charge in [-0.2, -0.15) is 0 Å². The molecule has 0 bridgehead atoms. The summed E-state index contributed by atoms with van der Waals surface area (Å²) >= 11 is 0. The topological polar surface area (TPSA) is 146 Å². The molecule has 3 aromatic heterocycles. The number of amides is 1. The fourth-order valence-corrected chi connectivity index (χ4v) is 4.03. The molecule has 37 heavy (non-hydrogen) atoms. The lowest BCUT2D eigenvalue weighted by Crippen LogP contribution is -2.23. The van der Waals surface area contributed by atoms with Crippen molar-refractivity contribution in [3.05, 3.63) is 65.5 Å². The number of fused-ring (bicyclic) bond motifs is 2. The van der Waals surface area contributed by atoms with Gasteiger partial charge in [0, 0.05) is 31.4 Å². The molecule has 0 saturated heterocycles. The zero-order valence-corrected chi connectivity index (χ0v) is 20.0. The molecule has 190 valence electrons. The highest BCUT2D eigenvalue weighted by atomic mass is 16.7. The number of H-pyrrole nitrogens is 1. The first-order chi connectivity index (χ1) is 17.9. The number of carbonyl (C=O) groups excluding carboxylic acids is 1. The predicted molar refractivity (Wildman–Crippen MR) is 135 cm³/mol. The first-order valence-corrected chi connectivity index (χ1v) is 11.3. The number of rotatable bonds is 9. The molecule has 0 aliphatic carbocycles. The fraction of sp³-hybridized carbons (Fsp3) is 0.200. The Kier molecular flexibility index (Phi) is 6.14. The number of carbonyl (C=O) groups is 1. The number of ether oxygens (including phenoxy) is 3. The van der Waals surface area contributed by atoms with Crippen molar-refractivity contribution in [1.82, 2.24) is 24.3 Å². The second-order valence-corrected chi connectivity index (χ2v) is 8.20. The lowest BCUT2D eigenvalue weighted by Gasteiger charge is -2.08. The summed E-state index contributed by atoms with van der Waals surface area (Å²) in [5.74, 6) is 1.15. The van der Waals surface area contributed by atoms with Crippen LogP contribution in [0.15, 0.2) is 54.4 Å². The minimum Gasteiger partial charge on any atom is -0.505 e. The van der Waals surface area contributed by atoms with Gasteiger partial charge in [-0.25, -0.2) is 4.98 Å². The van der Waals surface area contributed by atoms with Crippen LogP contribution in [0.1, 0.15) is 5.56 Å². The largest absolute Gasteiger partial charge is 0.505 e. The third-order valence-corrected chi connectivity index (χ3v) is 5.73. The molecule has 1 aromatic carbocycles. The van der Waals surface area contributed by atoms with E-state index in [-0.39, 0.29) is 60.7 Å². The second kappa shape index (κ2) is 9.57. The summed E-state index contributed by atoms with van der Waals surface area (Å²) in [4.78, 5) is 32.9. The molecule has 4 aromatic rings. The van der Waals surface area contributed by atoms with Crippen molar-refractivity contribution in [2.75, 3.05) is 18.7 Å². The minimum atomic E-state index is -0.386. The molecule has 4 heterocycles. The maximum Gasteiger partial charge on any atom is 0.262 e. The molecule has 12 heteroatoms. The number of hydrogen-bond donors (Lipinski definition) is 3. The van der Waals surface area contributed by atoms with Crippen molar-refractivity contribution in [2.24, 2.45) is 7.05 Å². The molecule has 3 N–H and O–H groups in total. The number of aromatic amines is 1. The number of nitrogens with one attached hydrogen (secondary N) is 2. The zero-order valence-electron chi connectivity index (χ0n) is 20.0. The van der Waals surface area contributed by atoms with E-state index in [0.29, 0.717) is 34.2 Å². The smallest absolute Gasteiger partial charge is 0.262 e. The van der Waals surface area contributed by atoms with Crippen LogP contribution in [0, 0.1) is 0 Å². The summed E-state index contributed by atoms with van der Waals surface area (Å²) in [6, 6.07) is 6.68. The van der Waals surface area contributed by atoms with E-state index >= 15 is 0 Å². The van der Waals surface area contributed by atoms with Gasteiger partial charge in [-0.1, -0.05) is 12.2 Å². The monoisotopic (exact) mass is 504 g/mol. The maximum absolute atomic E-state index is 12.9. The van der Waals surface area contributed by atoms with Crippen molar-refractivity contribution < 1.29 is 24.1 Å². The number of aromatic nitrogens is 5. The van der Waals surface area contributed by atoms with Gasteiger partial charge < -0.3 is 29.6 Å². The van der Waals surface area contributed by atoms with Gasteiger partial charge in [0.25, 0.3) is 11.5 Å². The normalized spacial score (nSPS) is 12.0. The summed E-state index contributed by atoms with van der Waals surface area (Å²) < 4.78 is 19.1. The number of imidazole rings is 1. The Labute approximate surface area is 210 Å². The number of allylic oxidation sites excluding steroid dienone is 2. The molecule has 5 rings (SSSR count). The van der Waals surface area contributed by atoms with E-state index in [1.165, 1.54) is 9.25 Å². The number of aryl methyl sites for hydroxylation is 1. The van der Waals surface area contributed by atoms with E-state index in [0.717, 1.165) is 0 Å².